The van der Waals surface area contributed by atoms with E-state index in [1.165, 1.54) is 0 Å². The second kappa shape index (κ2) is 2.67. The Labute approximate surface area is 84.1 Å². The van der Waals surface area contributed by atoms with Gasteiger partial charge in [0.05, 0.1) is 6.20 Å². The Hall–Kier alpha value is -0.240. The first kappa shape index (κ1) is 7.41. The Bertz CT molecular complexity index is 398. The van der Waals surface area contributed by atoms with Gasteiger partial charge in [-0.05, 0) is 38.5 Å². The molecule has 56 valence electrons. The number of rotatable bonds is 0. The van der Waals surface area contributed by atoms with E-state index in [-0.39, 0.29) is 0 Å². The van der Waals surface area contributed by atoms with E-state index >= 15 is 0 Å². The average Bonchev–Trinajstić information content (AvgIpc) is 2.33. The molecule has 0 aromatic carbocycles. The third kappa shape index (κ3) is 1.24. The van der Waals surface area contributed by atoms with Crippen LogP contribution in [0.25, 0.3) is 11.2 Å². The van der Waals surface area contributed by atoms with E-state index < -0.39 is 0 Å². The quantitative estimate of drug-likeness (QED) is 0.751. The number of nitrogens with one attached hydrogen (secondary N) is 1. The lowest BCUT2D eigenvalue weighted by Gasteiger charge is -1.87. The van der Waals surface area contributed by atoms with Crippen LogP contribution < -0.4 is 0 Å². The van der Waals surface area contributed by atoms with Crippen LogP contribution in [0.15, 0.2) is 10.8 Å². The van der Waals surface area contributed by atoms with Crippen molar-refractivity contribution in [2.45, 2.75) is 0 Å². The summed E-state index contributed by atoms with van der Waals surface area (Å²) in [6.45, 7) is 0. The van der Waals surface area contributed by atoms with Crippen LogP contribution in [0, 0.1) is 3.70 Å². The first-order valence-corrected chi connectivity index (χ1v) is 4.66. The van der Waals surface area contributed by atoms with E-state index in [2.05, 4.69) is 58.7 Å². The molecule has 0 atom stereocenters. The Balaban J connectivity index is 2.87. The van der Waals surface area contributed by atoms with Gasteiger partial charge in [-0.25, -0.2) is 9.97 Å². The summed E-state index contributed by atoms with van der Waals surface area (Å²) in [5.74, 6) is 0. The summed E-state index contributed by atoms with van der Waals surface area (Å²) < 4.78 is 1.57. The number of hydrogen-bond acceptors (Lipinski definition) is 3. The molecule has 0 spiro atoms. The minimum absolute atomic E-state index is 0.720. The zero-order chi connectivity index (χ0) is 7.84. The predicted molar refractivity (Wildman–Crippen MR) is 52.1 cm³/mol. The maximum absolute atomic E-state index is 4.19. The lowest BCUT2D eigenvalue weighted by molar-refractivity contribution is 1.08. The Kier molecular flexibility index (Phi) is 1.80. The Morgan fingerprint density at radius 2 is 2.36 bits per heavy atom. The van der Waals surface area contributed by atoms with Gasteiger partial charge in [-0.1, -0.05) is 0 Å². The fourth-order valence-corrected chi connectivity index (χ4v) is 1.52. The molecule has 6 heteroatoms. The van der Waals surface area contributed by atoms with Crippen LogP contribution in [0.1, 0.15) is 0 Å². The maximum Gasteiger partial charge on any atom is 0.175 e. The van der Waals surface area contributed by atoms with E-state index in [0.717, 1.165) is 19.5 Å². The summed E-state index contributed by atoms with van der Waals surface area (Å²) in [6.07, 6.45) is 1.64. The molecular weight excluding hydrogens is 323 g/mol. The van der Waals surface area contributed by atoms with Crippen molar-refractivity contribution >= 4 is 49.7 Å². The van der Waals surface area contributed by atoms with Crippen LogP contribution in [-0.4, -0.2) is 20.2 Å². The molecule has 2 aromatic heterocycles. The summed E-state index contributed by atoms with van der Waals surface area (Å²) >= 11 is 5.34. The number of aromatic nitrogens is 4. The highest BCUT2D eigenvalue weighted by Gasteiger charge is 2.04. The van der Waals surface area contributed by atoms with Crippen molar-refractivity contribution in [3.05, 3.63) is 14.5 Å². The molecule has 0 unspecified atom stereocenters. The van der Waals surface area contributed by atoms with Crippen LogP contribution in [0.3, 0.4) is 0 Å². The minimum Gasteiger partial charge on any atom is -0.258 e. The van der Waals surface area contributed by atoms with Crippen molar-refractivity contribution in [2.24, 2.45) is 0 Å². The van der Waals surface area contributed by atoms with Gasteiger partial charge in [0.25, 0.3) is 0 Å². The van der Waals surface area contributed by atoms with Gasteiger partial charge in [-0.3, -0.25) is 5.10 Å². The second-order valence-electron chi connectivity index (χ2n) is 1.90. The van der Waals surface area contributed by atoms with Crippen molar-refractivity contribution in [3.63, 3.8) is 0 Å². The third-order valence-electron chi connectivity index (χ3n) is 1.20. The largest absolute Gasteiger partial charge is 0.258 e. The van der Waals surface area contributed by atoms with Gasteiger partial charge in [0.15, 0.2) is 9.35 Å². The van der Waals surface area contributed by atoms with E-state index in [4.69, 9.17) is 0 Å². The van der Waals surface area contributed by atoms with Crippen LogP contribution in [-0.2, 0) is 0 Å². The van der Waals surface area contributed by atoms with Crippen molar-refractivity contribution in [2.75, 3.05) is 0 Å². The summed E-state index contributed by atoms with van der Waals surface area (Å²) in [5, 5.41) is 6.72. The molecule has 0 saturated heterocycles. The molecule has 0 saturated carbocycles. The molecule has 0 aliphatic rings. The topological polar surface area (TPSA) is 54.5 Å². The molecular formula is C5H2BrIN4. The zero-order valence-corrected chi connectivity index (χ0v) is 8.92. The minimum atomic E-state index is 0.720. The maximum atomic E-state index is 4.19. The molecule has 0 amide bonds. The van der Waals surface area contributed by atoms with E-state index in [1.807, 2.05) is 0 Å². The third-order valence-corrected chi connectivity index (χ3v) is 2.33. The molecule has 0 aliphatic carbocycles. The molecule has 4 nitrogen and oxygen atoms in total. The van der Waals surface area contributed by atoms with Crippen LogP contribution in [0.5, 0.6) is 0 Å². The average molecular weight is 325 g/mol. The molecule has 1 N–H and O–H groups in total. The van der Waals surface area contributed by atoms with Crippen LogP contribution in [0.4, 0.5) is 0 Å². The molecule has 0 bridgehead atoms. The number of H-pyrrole nitrogens is 1. The van der Waals surface area contributed by atoms with Gasteiger partial charge in [-0.2, -0.15) is 5.10 Å². The zero-order valence-electron chi connectivity index (χ0n) is 5.17. The number of halogens is 2. The highest BCUT2D eigenvalue weighted by Crippen LogP contribution is 2.15. The summed E-state index contributed by atoms with van der Waals surface area (Å²) in [4.78, 5) is 8.26. The molecule has 0 fully saturated rings. The van der Waals surface area contributed by atoms with Crippen LogP contribution >= 0.6 is 38.5 Å². The molecule has 0 aliphatic heterocycles. The van der Waals surface area contributed by atoms with Gasteiger partial charge in [0, 0.05) is 0 Å². The number of hydrogen-bond donors (Lipinski definition) is 1. The van der Waals surface area contributed by atoms with E-state index in [1.54, 1.807) is 6.20 Å². The molecule has 2 rings (SSSR count). The van der Waals surface area contributed by atoms with Gasteiger partial charge in [0.1, 0.15) is 10.1 Å². The van der Waals surface area contributed by atoms with Crippen molar-refractivity contribution in [1.82, 2.24) is 20.2 Å². The normalized spacial score (nSPS) is 10.7. The highest BCUT2D eigenvalue weighted by molar-refractivity contribution is 14.1. The number of aromatic amines is 1. The summed E-state index contributed by atoms with van der Waals surface area (Å²) in [7, 11) is 0. The van der Waals surface area contributed by atoms with Crippen molar-refractivity contribution < 1.29 is 0 Å². The fraction of sp³-hybridized carbons (Fsp3) is 0. The van der Waals surface area contributed by atoms with Crippen molar-refractivity contribution in [3.8, 4) is 0 Å². The molecule has 2 aromatic rings. The van der Waals surface area contributed by atoms with E-state index in [9.17, 15) is 0 Å². The monoisotopic (exact) mass is 324 g/mol. The first-order valence-electron chi connectivity index (χ1n) is 2.79. The lowest BCUT2D eigenvalue weighted by Crippen LogP contribution is -1.81. The standard InChI is InChI=1S/C5H2BrIN4/c6-2-1-8-5-3(9-2)4(7)10-11-5/h1H,(H,8,10,11). The van der Waals surface area contributed by atoms with Gasteiger partial charge in [0.2, 0.25) is 0 Å². The van der Waals surface area contributed by atoms with Gasteiger partial charge in [-0.15, -0.1) is 0 Å². The predicted octanol–water partition coefficient (Wildman–Crippen LogP) is 1.72. The Morgan fingerprint density at radius 1 is 1.55 bits per heavy atom. The van der Waals surface area contributed by atoms with Gasteiger partial charge < -0.3 is 0 Å². The lowest BCUT2D eigenvalue weighted by atomic mass is 10.6. The fourth-order valence-electron chi connectivity index (χ4n) is 0.748. The smallest absolute Gasteiger partial charge is 0.175 e. The summed E-state index contributed by atoms with van der Waals surface area (Å²) in [5.41, 5.74) is 1.53. The van der Waals surface area contributed by atoms with Crippen molar-refractivity contribution in [1.29, 1.82) is 0 Å². The summed E-state index contributed by atoms with van der Waals surface area (Å²) in [6, 6.07) is 0. The van der Waals surface area contributed by atoms with Crippen LogP contribution in [0.2, 0.25) is 0 Å². The molecule has 2 heterocycles. The highest BCUT2D eigenvalue weighted by atomic mass is 127. The second-order valence-corrected chi connectivity index (χ2v) is 3.74. The Morgan fingerprint density at radius 3 is 3.18 bits per heavy atom. The van der Waals surface area contributed by atoms with E-state index in [0.29, 0.717) is 0 Å². The first-order chi connectivity index (χ1) is 5.27. The van der Waals surface area contributed by atoms with Gasteiger partial charge >= 0.3 is 0 Å². The SMILES string of the molecule is Brc1cnc2[nH]nc(I)c2n1. The molecule has 0 radical (unpaired) electrons. The number of fused-ring (bicyclic) bond motifs is 1. The number of nitrogens with zero attached hydrogens (tertiary/aromatic N) is 3. The molecule has 11 heavy (non-hydrogen) atoms.